The van der Waals surface area contributed by atoms with Gasteiger partial charge in [0.15, 0.2) is 11.6 Å². The Balaban J connectivity index is 2.13. The smallest absolute Gasteiger partial charge is 0.167 e. The van der Waals surface area contributed by atoms with Gasteiger partial charge in [-0.1, -0.05) is 0 Å². The zero-order valence-electron chi connectivity index (χ0n) is 10.8. The molecule has 0 atom stereocenters. The fourth-order valence-electron chi connectivity index (χ4n) is 1.57. The maximum absolute atomic E-state index is 13.4. The minimum absolute atomic E-state index is 0.145. The normalized spacial score (nSPS) is 10.3. The second-order valence-electron chi connectivity index (χ2n) is 4.08. The fourth-order valence-corrected chi connectivity index (χ4v) is 1.57. The lowest BCUT2D eigenvalue weighted by Crippen LogP contribution is -2.05. The first-order chi connectivity index (χ1) is 9.10. The van der Waals surface area contributed by atoms with Gasteiger partial charge in [-0.25, -0.2) is 4.39 Å². The van der Waals surface area contributed by atoms with Gasteiger partial charge in [0.1, 0.15) is 0 Å². The summed E-state index contributed by atoms with van der Waals surface area (Å²) in [5, 5.41) is 3.08. The average molecular weight is 262 g/mol. The number of hydrogen-bond donors (Lipinski definition) is 2. The van der Waals surface area contributed by atoms with Crippen LogP contribution in [0.1, 0.15) is 11.4 Å². The van der Waals surface area contributed by atoms with Gasteiger partial charge in [-0.2, -0.15) is 0 Å². The van der Waals surface area contributed by atoms with Crippen LogP contribution in [0.5, 0.6) is 5.75 Å². The topological polar surface area (TPSA) is 73.1 Å². The summed E-state index contributed by atoms with van der Waals surface area (Å²) < 4.78 is 18.3. The van der Waals surface area contributed by atoms with E-state index in [0.29, 0.717) is 17.9 Å². The molecule has 1 aromatic heterocycles. The summed E-state index contributed by atoms with van der Waals surface area (Å²) in [7, 11) is 1.41. The highest BCUT2D eigenvalue weighted by molar-refractivity contribution is 5.68. The second-order valence-corrected chi connectivity index (χ2v) is 4.08. The van der Waals surface area contributed by atoms with Gasteiger partial charge in [0.25, 0.3) is 0 Å². The van der Waals surface area contributed by atoms with Gasteiger partial charge in [-0.05, 0) is 6.92 Å². The molecule has 5 nitrogen and oxygen atoms in total. The molecule has 6 heteroatoms. The number of ether oxygens (including phenoxy) is 1. The van der Waals surface area contributed by atoms with E-state index in [9.17, 15) is 4.39 Å². The second kappa shape index (κ2) is 5.51. The van der Waals surface area contributed by atoms with E-state index in [0.717, 1.165) is 11.4 Å². The lowest BCUT2D eigenvalue weighted by atomic mass is 10.2. The molecule has 0 amide bonds. The number of rotatable bonds is 4. The Morgan fingerprint density at radius 3 is 2.74 bits per heavy atom. The summed E-state index contributed by atoms with van der Waals surface area (Å²) >= 11 is 0. The minimum atomic E-state index is -0.485. The van der Waals surface area contributed by atoms with Gasteiger partial charge in [0.05, 0.1) is 42.6 Å². The van der Waals surface area contributed by atoms with Crippen molar-refractivity contribution in [2.45, 2.75) is 13.5 Å². The molecule has 100 valence electrons. The van der Waals surface area contributed by atoms with E-state index in [1.54, 1.807) is 12.4 Å². The van der Waals surface area contributed by atoms with Crippen molar-refractivity contribution in [3.05, 3.63) is 41.7 Å². The number of nitrogens with two attached hydrogens (primary N) is 1. The van der Waals surface area contributed by atoms with Crippen LogP contribution in [0.2, 0.25) is 0 Å². The largest absolute Gasteiger partial charge is 0.494 e. The van der Waals surface area contributed by atoms with Crippen molar-refractivity contribution < 1.29 is 9.13 Å². The molecule has 0 spiro atoms. The lowest BCUT2D eigenvalue weighted by Gasteiger charge is -2.11. The number of hydrogen-bond acceptors (Lipinski definition) is 5. The van der Waals surface area contributed by atoms with Gasteiger partial charge in [0.2, 0.25) is 0 Å². The van der Waals surface area contributed by atoms with Gasteiger partial charge in [-0.3, -0.25) is 9.97 Å². The molecule has 1 heterocycles. The highest BCUT2D eigenvalue weighted by Crippen LogP contribution is 2.28. The molecule has 1 aromatic carbocycles. The van der Waals surface area contributed by atoms with Crippen LogP contribution in [0.15, 0.2) is 24.5 Å². The quantitative estimate of drug-likeness (QED) is 0.826. The summed E-state index contributed by atoms with van der Waals surface area (Å²) in [5.41, 5.74) is 8.28. The molecule has 2 aromatic rings. The first-order valence-electron chi connectivity index (χ1n) is 5.74. The Morgan fingerprint density at radius 1 is 1.32 bits per heavy atom. The predicted molar refractivity (Wildman–Crippen MR) is 71.5 cm³/mol. The third-order valence-electron chi connectivity index (χ3n) is 2.62. The highest BCUT2D eigenvalue weighted by atomic mass is 19.1. The van der Waals surface area contributed by atoms with E-state index < -0.39 is 5.82 Å². The van der Waals surface area contributed by atoms with Crippen molar-refractivity contribution in [2.75, 3.05) is 18.2 Å². The molecular formula is C13H15FN4O. The van der Waals surface area contributed by atoms with Crippen LogP contribution >= 0.6 is 0 Å². The molecule has 0 unspecified atom stereocenters. The molecule has 0 aliphatic rings. The number of nitrogens with zero attached hydrogens (tertiary/aromatic N) is 2. The van der Waals surface area contributed by atoms with Crippen molar-refractivity contribution in [2.24, 2.45) is 0 Å². The zero-order chi connectivity index (χ0) is 13.8. The Kier molecular flexibility index (Phi) is 3.79. The third kappa shape index (κ3) is 3.09. The van der Waals surface area contributed by atoms with Crippen LogP contribution in [0.3, 0.4) is 0 Å². The van der Waals surface area contributed by atoms with E-state index >= 15 is 0 Å². The number of nitrogens with one attached hydrogen (secondary N) is 1. The fraction of sp³-hybridized carbons (Fsp3) is 0.231. The van der Waals surface area contributed by atoms with E-state index in [4.69, 9.17) is 10.5 Å². The molecule has 0 fully saturated rings. The molecule has 0 radical (unpaired) electrons. The van der Waals surface area contributed by atoms with Gasteiger partial charge >= 0.3 is 0 Å². The summed E-state index contributed by atoms with van der Waals surface area (Å²) in [6, 6.07) is 2.74. The Bertz CT molecular complexity index is 572. The number of benzene rings is 1. The molecular weight excluding hydrogens is 247 g/mol. The molecule has 0 aliphatic heterocycles. The average Bonchev–Trinajstić information content (AvgIpc) is 2.40. The molecule has 0 bridgehead atoms. The number of halogens is 1. The Labute approximate surface area is 110 Å². The van der Waals surface area contributed by atoms with E-state index in [2.05, 4.69) is 15.3 Å². The molecule has 2 rings (SSSR count). The zero-order valence-corrected chi connectivity index (χ0v) is 10.8. The van der Waals surface area contributed by atoms with E-state index in [-0.39, 0.29) is 5.75 Å². The van der Waals surface area contributed by atoms with Crippen LogP contribution in [0, 0.1) is 12.7 Å². The Morgan fingerprint density at radius 2 is 2.11 bits per heavy atom. The number of nitrogen functional groups attached to an aromatic ring is 1. The van der Waals surface area contributed by atoms with E-state index in [1.165, 1.54) is 19.2 Å². The van der Waals surface area contributed by atoms with Crippen molar-refractivity contribution in [3.63, 3.8) is 0 Å². The van der Waals surface area contributed by atoms with Crippen LogP contribution < -0.4 is 15.8 Å². The minimum Gasteiger partial charge on any atom is -0.494 e. The standard InChI is InChI=1S/C13H15FN4O/c1-8-5-17-9(6-16-8)7-18-12-4-13(19-2)10(14)3-11(12)15/h3-6,18H,7,15H2,1-2H3. The Hall–Kier alpha value is -2.37. The predicted octanol–water partition coefficient (Wildman–Crippen LogP) is 2.13. The summed E-state index contributed by atoms with van der Waals surface area (Å²) in [6.07, 6.45) is 3.37. The number of aromatic nitrogens is 2. The van der Waals surface area contributed by atoms with Gasteiger partial charge in [0, 0.05) is 18.3 Å². The number of anilines is 2. The maximum atomic E-state index is 13.4. The maximum Gasteiger partial charge on any atom is 0.167 e. The van der Waals surface area contributed by atoms with Crippen LogP contribution in [0.4, 0.5) is 15.8 Å². The van der Waals surface area contributed by atoms with Crippen LogP contribution in [0.25, 0.3) is 0 Å². The summed E-state index contributed by atoms with van der Waals surface area (Å²) in [4.78, 5) is 8.36. The van der Waals surface area contributed by atoms with E-state index in [1.807, 2.05) is 6.92 Å². The third-order valence-corrected chi connectivity index (χ3v) is 2.62. The monoisotopic (exact) mass is 262 g/mol. The number of aryl methyl sites for hydroxylation is 1. The lowest BCUT2D eigenvalue weighted by molar-refractivity contribution is 0.387. The van der Waals surface area contributed by atoms with Gasteiger partial charge in [-0.15, -0.1) is 0 Å². The van der Waals surface area contributed by atoms with Crippen molar-refractivity contribution in [3.8, 4) is 5.75 Å². The summed E-state index contributed by atoms with van der Waals surface area (Å²) in [6.45, 7) is 2.32. The van der Waals surface area contributed by atoms with Crippen LogP contribution in [-0.2, 0) is 6.54 Å². The molecule has 0 saturated heterocycles. The van der Waals surface area contributed by atoms with Crippen molar-refractivity contribution in [1.82, 2.24) is 9.97 Å². The molecule has 0 saturated carbocycles. The van der Waals surface area contributed by atoms with Gasteiger partial charge < -0.3 is 15.8 Å². The molecule has 19 heavy (non-hydrogen) atoms. The highest BCUT2D eigenvalue weighted by Gasteiger charge is 2.08. The summed E-state index contributed by atoms with van der Waals surface area (Å²) in [5.74, 6) is -0.340. The van der Waals surface area contributed by atoms with Crippen molar-refractivity contribution >= 4 is 11.4 Å². The SMILES string of the molecule is COc1cc(NCc2cnc(C)cn2)c(N)cc1F. The number of methoxy groups -OCH3 is 1. The van der Waals surface area contributed by atoms with Crippen molar-refractivity contribution in [1.29, 1.82) is 0 Å². The molecule has 0 aliphatic carbocycles. The van der Waals surface area contributed by atoms with Crippen LogP contribution in [-0.4, -0.2) is 17.1 Å². The first kappa shape index (κ1) is 13.1. The molecule has 3 N–H and O–H groups in total. The first-order valence-corrected chi connectivity index (χ1v) is 5.74.